The molecule has 4 aliphatic carbocycles. The van der Waals surface area contributed by atoms with Crippen LogP contribution in [0.1, 0.15) is 22.3 Å². The van der Waals surface area contributed by atoms with Crippen molar-refractivity contribution in [2.45, 2.75) is 0 Å². The number of allylic oxidation sites excluding steroid dienone is 32. The Morgan fingerprint density at radius 3 is 0.637 bits per heavy atom. The first-order valence-corrected chi connectivity index (χ1v) is 25.7. The van der Waals surface area contributed by atoms with E-state index in [0.717, 1.165) is 90.1 Å². The molecule has 0 atom stereocenters. The summed E-state index contributed by atoms with van der Waals surface area (Å²) in [7, 11) is 7.17. The average molecular weight is 1050 g/mol. The quantitative estimate of drug-likeness (QED) is 0.0888. The summed E-state index contributed by atoms with van der Waals surface area (Å²) in [5.74, 6) is 0. The second kappa shape index (κ2) is 35.7. The highest BCUT2D eigenvalue weighted by atomic mass is 14.7. The lowest BCUT2D eigenvalue weighted by atomic mass is 10.1. The van der Waals surface area contributed by atoms with Crippen LogP contribution in [0.4, 0.5) is 22.7 Å². The van der Waals surface area contributed by atoms with Crippen molar-refractivity contribution in [2.75, 3.05) is 28.2 Å². The Morgan fingerprint density at radius 2 is 0.438 bits per heavy atom. The zero-order valence-electron chi connectivity index (χ0n) is 46.1. The minimum absolute atomic E-state index is 0.887. The first-order valence-electron chi connectivity index (χ1n) is 25.7. The van der Waals surface area contributed by atoms with Crippen molar-refractivity contribution >= 4 is 96.8 Å². The van der Waals surface area contributed by atoms with E-state index in [2.05, 4.69) is 164 Å². The first-order chi connectivity index (χ1) is 39.3. The number of rotatable bonds is 14. The van der Waals surface area contributed by atoms with E-state index in [4.69, 9.17) is 0 Å². The van der Waals surface area contributed by atoms with E-state index in [-0.39, 0.29) is 0 Å². The molecule has 8 nitrogen and oxygen atoms in total. The topological polar surface area (TPSA) is 98.9 Å². The van der Waals surface area contributed by atoms with Crippen molar-refractivity contribution in [3.8, 4) is 0 Å². The molecular formula is C72H68N8. The van der Waals surface area contributed by atoms with Gasteiger partial charge in [0.2, 0.25) is 0 Å². The smallest absolute Gasteiger partial charge is 0.0622 e. The fourth-order valence-electron chi connectivity index (χ4n) is 7.04. The summed E-state index contributed by atoms with van der Waals surface area (Å²) >= 11 is 0. The molecule has 80 heavy (non-hydrogen) atoms. The highest BCUT2D eigenvalue weighted by Crippen LogP contribution is 2.18. The fraction of sp³-hybridized carbons (Fsp3) is 0.0556. The van der Waals surface area contributed by atoms with Gasteiger partial charge >= 0.3 is 0 Å². The van der Waals surface area contributed by atoms with E-state index in [0.29, 0.717) is 0 Å². The Balaban J connectivity index is 0.000000196. The maximum Gasteiger partial charge on any atom is 0.0622 e. The molecule has 0 radical (unpaired) electrons. The molecule has 8 heteroatoms. The molecule has 4 aromatic carbocycles. The SMILES string of the molecule is C=Nc1ccc(/C=C/C=C/C=C2C=CC(=NC)C=C2)cc1.C=Nc1ccc(/C=C/C=C/C=C2C=CC(=NC)C=C2)cc1.C=Nc1ccc(/C=C/C=C2C=CC(=NC)C=C2)cc1.C=Nc1ccc(/C=C/C=C2C=CC(=NC)C=C2)cc1. The third-order valence-corrected chi connectivity index (χ3v) is 11.7. The van der Waals surface area contributed by atoms with Gasteiger partial charge in [-0.1, -0.05) is 194 Å². The third-order valence-electron chi connectivity index (χ3n) is 11.7. The molecule has 0 heterocycles. The van der Waals surface area contributed by atoms with Gasteiger partial charge in [-0.15, -0.1) is 0 Å². The Hall–Kier alpha value is -10.4. The maximum atomic E-state index is 4.11. The van der Waals surface area contributed by atoms with Crippen molar-refractivity contribution < 1.29 is 0 Å². The number of benzene rings is 4. The molecule has 4 aromatic rings. The van der Waals surface area contributed by atoms with E-state index >= 15 is 0 Å². The molecule has 0 bridgehead atoms. The fourth-order valence-corrected chi connectivity index (χ4v) is 7.04. The number of hydrogen-bond acceptors (Lipinski definition) is 8. The van der Waals surface area contributed by atoms with Crippen LogP contribution >= 0.6 is 0 Å². The predicted molar refractivity (Wildman–Crippen MR) is 356 cm³/mol. The van der Waals surface area contributed by atoms with Gasteiger partial charge in [0.15, 0.2) is 0 Å². The predicted octanol–water partition coefficient (Wildman–Crippen LogP) is 17.7. The first kappa shape index (κ1) is 60.4. The molecule has 0 saturated carbocycles. The zero-order valence-corrected chi connectivity index (χ0v) is 46.1. The lowest BCUT2D eigenvalue weighted by Crippen LogP contribution is -1.92. The van der Waals surface area contributed by atoms with Gasteiger partial charge in [0.25, 0.3) is 0 Å². The summed E-state index contributed by atoms with van der Waals surface area (Å²) in [6, 6.07) is 31.7. The van der Waals surface area contributed by atoms with Crippen LogP contribution in [0.3, 0.4) is 0 Å². The van der Waals surface area contributed by atoms with Crippen molar-refractivity contribution in [3.63, 3.8) is 0 Å². The third kappa shape index (κ3) is 23.2. The zero-order chi connectivity index (χ0) is 56.8. The van der Waals surface area contributed by atoms with Crippen LogP contribution in [-0.4, -0.2) is 77.9 Å². The average Bonchev–Trinajstić information content (AvgIpc) is 3.52. The lowest BCUT2D eigenvalue weighted by molar-refractivity contribution is 1.44. The second-order valence-electron chi connectivity index (χ2n) is 17.1. The number of nitrogens with zero attached hydrogens (tertiary/aromatic N) is 8. The molecule has 0 fully saturated rings. The van der Waals surface area contributed by atoms with Crippen LogP contribution in [0.25, 0.3) is 24.3 Å². The molecule has 0 aliphatic heterocycles. The van der Waals surface area contributed by atoms with E-state index in [1.54, 1.807) is 28.2 Å². The lowest BCUT2D eigenvalue weighted by Gasteiger charge is -2.00. The van der Waals surface area contributed by atoms with Gasteiger partial charge in [0.1, 0.15) is 0 Å². The molecule has 0 aromatic heterocycles. The Bertz CT molecular complexity index is 3150. The van der Waals surface area contributed by atoms with Crippen molar-refractivity contribution in [3.05, 3.63) is 312 Å². The van der Waals surface area contributed by atoms with Crippen LogP contribution < -0.4 is 0 Å². The van der Waals surface area contributed by atoms with Crippen LogP contribution in [0.5, 0.6) is 0 Å². The minimum atomic E-state index is 0.887. The second-order valence-corrected chi connectivity index (χ2v) is 17.1. The van der Waals surface area contributed by atoms with Crippen molar-refractivity contribution in [1.82, 2.24) is 0 Å². The summed E-state index contributed by atoms with van der Waals surface area (Å²) in [5.41, 5.74) is 16.7. The molecular weight excluding hydrogens is 977 g/mol. The molecule has 4 aliphatic rings. The summed E-state index contributed by atoms with van der Waals surface area (Å²) in [4.78, 5) is 31.9. The normalized spacial score (nSPS) is 14.1. The van der Waals surface area contributed by atoms with Crippen LogP contribution in [0.15, 0.2) is 329 Å². The summed E-state index contributed by atoms with van der Waals surface area (Å²) in [5, 5.41) is 0. The summed E-state index contributed by atoms with van der Waals surface area (Å²) < 4.78 is 0. The Labute approximate surface area is 474 Å². The van der Waals surface area contributed by atoms with Crippen LogP contribution in [0.2, 0.25) is 0 Å². The van der Waals surface area contributed by atoms with Crippen LogP contribution in [0, 0.1) is 0 Å². The summed E-state index contributed by atoms with van der Waals surface area (Å²) in [6.07, 6.45) is 65.1. The van der Waals surface area contributed by atoms with Crippen molar-refractivity contribution in [2.24, 2.45) is 39.9 Å². The molecule has 0 spiro atoms. The van der Waals surface area contributed by atoms with Crippen LogP contribution in [-0.2, 0) is 0 Å². The van der Waals surface area contributed by atoms with Crippen molar-refractivity contribution in [1.29, 1.82) is 0 Å². The molecule has 0 unspecified atom stereocenters. The molecule has 0 N–H and O–H groups in total. The largest absolute Gasteiger partial charge is 0.289 e. The number of aliphatic imine (C=N–C) groups is 8. The Morgan fingerprint density at radius 1 is 0.237 bits per heavy atom. The Kier molecular flexibility index (Phi) is 27.0. The van der Waals surface area contributed by atoms with Gasteiger partial charge in [-0.05, 0) is 169 Å². The monoisotopic (exact) mass is 1040 g/mol. The molecule has 396 valence electrons. The highest BCUT2D eigenvalue weighted by Gasteiger charge is 1.98. The van der Waals surface area contributed by atoms with Gasteiger partial charge in [-0.25, -0.2) is 0 Å². The van der Waals surface area contributed by atoms with Gasteiger partial charge in [-0.3, -0.25) is 39.9 Å². The van der Waals surface area contributed by atoms with E-state index < -0.39 is 0 Å². The molecule has 8 rings (SSSR count). The minimum Gasteiger partial charge on any atom is -0.289 e. The standard InChI is InChI=1S/2C19H18N2.2C17H16N2/c2*1-20-18-12-8-16(9-13-18)6-4-3-5-7-17-10-14-19(21-2)15-11-17;2*1-18-16-10-6-14(7-11-16)4-3-5-15-8-12-17(19-2)13-9-15/h2*3-15H,1H2,2H3;2*3-13H,1H2,2H3/b2*5-3+,6-4+,17-7?,21-19?;2*4-3+,15-5?,19-17?. The van der Waals surface area contributed by atoms with E-state index in [9.17, 15) is 0 Å². The van der Waals surface area contributed by atoms with Gasteiger partial charge < -0.3 is 0 Å². The molecule has 0 amide bonds. The highest BCUT2D eigenvalue weighted by molar-refractivity contribution is 6.07. The number of hydrogen-bond donors (Lipinski definition) is 0. The summed E-state index contributed by atoms with van der Waals surface area (Å²) in [6.45, 7) is 14.0. The molecule has 0 saturated heterocycles. The maximum absolute atomic E-state index is 4.11. The van der Waals surface area contributed by atoms with E-state index in [1.807, 2.05) is 194 Å². The van der Waals surface area contributed by atoms with Gasteiger partial charge in [-0.2, -0.15) is 0 Å². The van der Waals surface area contributed by atoms with E-state index in [1.165, 1.54) is 0 Å². The van der Waals surface area contributed by atoms with Gasteiger partial charge in [0, 0.05) is 28.2 Å². The van der Waals surface area contributed by atoms with Gasteiger partial charge in [0.05, 0.1) is 45.6 Å².